The third kappa shape index (κ3) is 5.88. The highest BCUT2D eigenvalue weighted by molar-refractivity contribution is 6.28. The third-order valence-electron chi connectivity index (χ3n) is 4.74. The first-order valence-electron chi connectivity index (χ1n) is 9.98. The average Bonchev–Trinajstić information content (AvgIpc) is 2.69. The van der Waals surface area contributed by atoms with Crippen molar-refractivity contribution in [2.75, 3.05) is 31.6 Å². The molecule has 0 saturated carbocycles. The number of hydrogen-bond donors (Lipinski definition) is 1. The Hall–Kier alpha value is -1.73. The molecule has 0 unspecified atom stereocenters. The molecule has 28 heavy (non-hydrogen) atoms. The zero-order valence-corrected chi connectivity index (χ0v) is 17.4. The number of nitrogens with one attached hydrogen (secondary N) is 1. The molecular formula is C21H29ClN4O2. The lowest BCUT2D eigenvalue weighted by molar-refractivity contribution is -0.137. The zero-order chi connectivity index (χ0) is 19.8. The van der Waals surface area contributed by atoms with Gasteiger partial charge in [-0.15, -0.1) is 0 Å². The molecule has 1 aliphatic heterocycles. The number of fused-ring (bicyclic) bond motifs is 1. The number of ether oxygens (including phenoxy) is 2. The van der Waals surface area contributed by atoms with Crippen LogP contribution in [0.5, 0.6) is 0 Å². The summed E-state index contributed by atoms with van der Waals surface area (Å²) in [6, 6.07) is 10.5. The summed E-state index contributed by atoms with van der Waals surface area (Å²) in [4.78, 5) is 11.3. The lowest BCUT2D eigenvalue weighted by Gasteiger charge is -2.29. The van der Waals surface area contributed by atoms with Gasteiger partial charge in [0.25, 0.3) is 0 Å². The van der Waals surface area contributed by atoms with Crippen LogP contribution in [0.4, 0.5) is 5.82 Å². The van der Waals surface area contributed by atoms with Gasteiger partial charge in [-0.2, -0.15) is 0 Å². The maximum atomic E-state index is 6.16. The van der Waals surface area contributed by atoms with Crippen LogP contribution in [0.25, 0.3) is 0 Å². The van der Waals surface area contributed by atoms with Crippen molar-refractivity contribution in [3.8, 4) is 0 Å². The van der Waals surface area contributed by atoms with E-state index in [1.165, 1.54) is 5.56 Å². The summed E-state index contributed by atoms with van der Waals surface area (Å²) in [5.41, 5.74) is 3.49. The van der Waals surface area contributed by atoms with E-state index in [1.807, 2.05) is 19.9 Å². The van der Waals surface area contributed by atoms with Crippen molar-refractivity contribution in [2.24, 2.45) is 0 Å². The fraction of sp³-hybridized carbons (Fsp3) is 0.524. The van der Waals surface area contributed by atoms with Crippen molar-refractivity contribution in [1.29, 1.82) is 0 Å². The first kappa shape index (κ1) is 21.0. The van der Waals surface area contributed by atoms with Gasteiger partial charge < -0.3 is 14.8 Å². The highest BCUT2D eigenvalue weighted by Gasteiger charge is 2.22. The Labute approximate surface area is 172 Å². The van der Waals surface area contributed by atoms with Crippen molar-refractivity contribution in [3.05, 3.63) is 52.4 Å². The molecule has 0 spiro atoms. The molecule has 3 rings (SSSR count). The Morgan fingerprint density at radius 2 is 1.89 bits per heavy atom. The zero-order valence-electron chi connectivity index (χ0n) is 16.7. The summed E-state index contributed by atoms with van der Waals surface area (Å²) >= 11 is 6.16. The fourth-order valence-electron chi connectivity index (χ4n) is 3.46. The molecule has 7 heteroatoms. The predicted octanol–water partition coefficient (Wildman–Crippen LogP) is 3.89. The molecule has 1 N–H and O–H groups in total. The Morgan fingerprint density at radius 3 is 2.61 bits per heavy atom. The molecule has 0 fully saturated rings. The van der Waals surface area contributed by atoms with Crippen LogP contribution >= 0.6 is 11.6 Å². The summed E-state index contributed by atoms with van der Waals surface area (Å²) in [6.07, 6.45) is 1.41. The smallest absolute Gasteiger partial charge is 0.224 e. The summed E-state index contributed by atoms with van der Waals surface area (Å²) in [7, 11) is 0. The van der Waals surface area contributed by atoms with E-state index >= 15 is 0 Å². The summed E-state index contributed by atoms with van der Waals surface area (Å²) in [5, 5.41) is 3.72. The highest BCUT2D eigenvalue weighted by Crippen LogP contribution is 2.26. The number of nitrogens with zero attached hydrogens (tertiary/aromatic N) is 3. The molecule has 2 heterocycles. The quantitative estimate of drug-likeness (QED) is 0.479. The van der Waals surface area contributed by atoms with Crippen LogP contribution in [-0.2, 0) is 29.0 Å². The topological polar surface area (TPSA) is 59.5 Å². The molecule has 2 aromatic rings. The van der Waals surface area contributed by atoms with Crippen LogP contribution in [0.3, 0.4) is 0 Å². The van der Waals surface area contributed by atoms with Crippen LogP contribution < -0.4 is 5.32 Å². The summed E-state index contributed by atoms with van der Waals surface area (Å²) in [6.45, 7) is 8.60. The molecular weight excluding hydrogens is 376 g/mol. The van der Waals surface area contributed by atoms with E-state index in [1.54, 1.807) is 0 Å². The minimum Gasteiger partial charge on any atom is -0.369 e. The van der Waals surface area contributed by atoms with Gasteiger partial charge in [-0.05, 0) is 31.0 Å². The number of hydrogen-bond acceptors (Lipinski definition) is 6. The van der Waals surface area contributed by atoms with Gasteiger partial charge in [-0.1, -0.05) is 30.3 Å². The predicted molar refractivity (Wildman–Crippen MR) is 111 cm³/mol. The van der Waals surface area contributed by atoms with E-state index in [9.17, 15) is 0 Å². The minimum absolute atomic E-state index is 0.204. The van der Waals surface area contributed by atoms with Gasteiger partial charge in [-0.25, -0.2) is 9.97 Å². The van der Waals surface area contributed by atoms with Gasteiger partial charge in [0.05, 0.1) is 5.69 Å². The van der Waals surface area contributed by atoms with Crippen LogP contribution in [0.2, 0.25) is 5.28 Å². The normalized spacial score (nSPS) is 14.3. The second-order valence-corrected chi connectivity index (χ2v) is 7.11. The number of aromatic nitrogens is 2. The van der Waals surface area contributed by atoms with E-state index in [0.717, 1.165) is 49.6 Å². The van der Waals surface area contributed by atoms with Crippen molar-refractivity contribution >= 4 is 17.4 Å². The van der Waals surface area contributed by atoms with Gasteiger partial charge in [0, 0.05) is 57.8 Å². The van der Waals surface area contributed by atoms with E-state index in [-0.39, 0.29) is 6.29 Å². The maximum Gasteiger partial charge on any atom is 0.224 e. The van der Waals surface area contributed by atoms with Crippen molar-refractivity contribution in [1.82, 2.24) is 14.9 Å². The van der Waals surface area contributed by atoms with Gasteiger partial charge in [0.1, 0.15) is 5.82 Å². The van der Waals surface area contributed by atoms with Crippen LogP contribution in [0.1, 0.15) is 37.1 Å². The fourth-order valence-corrected chi connectivity index (χ4v) is 3.64. The molecule has 0 bridgehead atoms. The van der Waals surface area contributed by atoms with E-state index in [0.29, 0.717) is 25.0 Å². The summed E-state index contributed by atoms with van der Waals surface area (Å²) in [5.74, 6) is 0.819. The lowest BCUT2D eigenvalue weighted by atomic mass is 10.1. The minimum atomic E-state index is -0.204. The Morgan fingerprint density at radius 1 is 1.14 bits per heavy atom. The van der Waals surface area contributed by atoms with E-state index in [2.05, 4.69) is 44.5 Å². The molecule has 0 saturated heterocycles. The molecule has 0 radical (unpaired) electrons. The summed E-state index contributed by atoms with van der Waals surface area (Å²) < 4.78 is 11.2. The molecule has 1 aliphatic rings. The van der Waals surface area contributed by atoms with Crippen molar-refractivity contribution < 1.29 is 9.47 Å². The number of rotatable bonds is 10. The molecule has 1 aromatic carbocycles. The largest absolute Gasteiger partial charge is 0.369 e. The van der Waals surface area contributed by atoms with Gasteiger partial charge in [0.2, 0.25) is 5.28 Å². The first-order chi connectivity index (χ1) is 13.7. The molecule has 1 aromatic heterocycles. The Kier molecular flexibility index (Phi) is 8.03. The Bertz CT molecular complexity index is 739. The third-order valence-corrected chi connectivity index (χ3v) is 4.91. The Balaban J connectivity index is 1.65. The molecule has 0 atom stereocenters. The maximum absolute atomic E-state index is 6.16. The highest BCUT2D eigenvalue weighted by atomic mass is 35.5. The van der Waals surface area contributed by atoms with Crippen LogP contribution in [-0.4, -0.2) is 47.5 Å². The van der Waals surface area contributed by atoms with Gasteiger partial charge in [0.15, 0.2) is 6.29 Å². The second kappa shape index (κ2) is 10.7. The van der Waals surface area contributed by atoms with Crippen LogP contribution in [0, 0.1) is 0 Å². The standard InChI is InChI=1S/C21H29ClN4O2/c1-3-27-19(28-4-2)10-12-23-20-17-15-26(14-16-8-6-5-7-9-16)13-11-18(17)24-21(22)25-20/h5-9,19H,3-4,10-15H2,1-2H3,(H,23,24,25). The van der Waals surface area contributed by atoms with E-state index < -0.39 is 0 Å². The molecule has 0 aliphatic carbocycles. The molecule has 152 valence electrons. The number of halogens is 1. The first-order valence-corrected chi connectivity index (χ1v) is 10.4. The van der Waals surface area contributed by atoms with Gasteiger partial charge >= 0.3 is 0 Å². The van der Waals surface area contributed by atoms with E-state index in [4.69, 9.17) is 21.1 Å². The van der Waals surface area contributed by atoms with Crippen molar-refractivity contribution in [2.45, 2.75) is 46.1 Å². The number of benzene rings is 1. The molecule has 6 nitrogen and oxygen atoms in total. The SMILES string of the molecule is CCOC(CCNc1nc(Cl)nc2c1CN(Cc1ccccc1)CC2)OCC. The number of anilines is 1. The van der Waals surface area contributed by atoms with Gasteiger partial charge in [-0.3, -0.25) is 4.90 Å². The average molecular weight is 405 g/mol. The molecule has 0 amide bonds. The lowest BCUT2D eigenvalue weighted by Crippen LogP contribution is -2.32. The van der Waals surface area contributed by atoms with Crippen LogP contribution in [0.15, 0.2) is 30.3 Å². The second-order valence-electron chi connectivity index (χ2n) is 6.77. The monoisotopic (exact) mass is 404 g/mol. The van der Waals surface area contributed by atoms with Crippen molar-refractivity contribution in [3.63, 3.8) is 0 Å².